The third-order valence-corrected chi connectivity index (χ3v) is 6.24. The SMILES string of the molecule is Cc1cc(C)c(-[n+]2cc3ccccc3n2C)c(C)c1-[n+]1cc2ccccc2cc1C. The van der Waals surface area contributed by atoms with Crippen LogP contribution in [0.4, 0.5) is 0 Å². The second kappa shape index (κ2) is 6.81. The van der Waals surface area contributed by atoms with Gasteiger partial charge in [-0.1, -0.05) is 35.0 Å². The number of benzene rings is 3. The molecule has 2 aromatic heterocycles. The number of aryl methyl sites for hydroxylation is 4. The normalized spacial score (nSPS) is 11.5. The number of para-hydroxylation sites is 1. The van der Waals surface area contributed by atoms with Gasteiger partial charge < -0.3 is 0 Å². The first-order valence-corrected chi connectivity index (χ1v) is 10.4. The lowest BCUT2D eigenvalue weighted by Gasteiger charge is -2.11. The molecule has 30 heavy (non-hydrogen) atoms. The van der Waals surface area contributed by atoms with E-state index in [1.54, 1.807) is 0 Å². The lowest BCUT2D eigenvalue weighted by atomic mass is 10.0. The Morgan fingerprint density at radius 1 is 0.667 bits per heavy atom. The molecular weight excluding hydrogens is 366 g/mol. The summed E-state index contributed by atoms with van der Waals surface area (Å²) >= 11 is 0. The van der Waals surface area contributed by atoms with Gasteiger partial charge in [-0.15, -0.1) is 0 Å². The summed E-state index contributed by atoms with van der Waals surface area (Å²) < 4.78 is 6.87. The van der Waals surface area contributed by atoms with Crippen molar-refractivity contribution in [3.8, 4) is 11.4 Å². The van der Waals surface area contributed by atoms with E-state index < -0.39 is 0 Å². The standard InChI is InChI=1S/C27H27N3/c1-18-14-19(2)27(30-17-24-12-8-9-13-25(24)28(30)5)21(4)26(18)29-16-23-11-7-6-10-22(23)15-20(29)3/h6-17H,1-5H3/q+2. The van der Waals surface area contributed by atoms with E-state index in [0.29, 0.717) is 0 Å². The molecular formula is C27H27N3+2. The highest BCUT2D eigenvalue weighted by atomic mass is 15.4. The molecule has 0 amide bonds. The molecule has 0 atom stereocenters. The topological polar surface area (TPSA) is 12.7 Å². The number of hydrogen-bond donors (Lipinski definition) is 0. The first-order chi connectivity index (χ1) is 14.5. The van der Waals surface area contributed by atoms with Gasteiger partial charge in [0.25, 0.3) is 0 Å². The van der Waals surface area contributed by atoms with E-state index in [1.807, 2.05) is 0 Å². The van der Waals surface area contributed by atoms with E-state index in [-0.39, 0.29) is 0 Å². The molecule has 5 aromatic rings. The lowest BCUT2D eigenvalue weighted by Crippen LogP contribution is -2.43. The van der Waals surface area contributed by atoms with Crippen molar-refractivity contribution < 1.29 is 9.25 Å². The summed E-state index contributed by atoms with van der Waals surface area (Å²) in [5.41, 5.74) is 8.82. The lowest BCUT2D eigenvalue weighted by molar-refractivity contribution is -0.681. The van der Waals surface area contributed by atoms with Gasteiger partial charge in [0.05, 0.1) is 18.0 Å². The van der Waals surface area contributed by atoms with Crippen molar-refractivity contribution in [2.24, 2.45) is 7.05 Å². The maximum absolute atomic E-state index is 2.35. The molecule has 0 aliphatic rings. The molecule has 0 aliphatic carbocycles. The summed E-state index contributed by atoms with van der Waals surface area (Å²) in [6.07, 6.45) is 4.51. The Hall–Kier alpha value is -3.46. The number of fused-ring (bicyclic) bond motifs is 2. The van der Waals surface area contributed by atoms with Gasteiger partial charge in [0.15, 0.2) is 11.9 Å². The summed E-state index contributed by atoms with van der Waals surface area (Å²) in [4.78, 5) is 0. The van der Waals surface area contributed by atoms with Crippen molar-refractivity contribution in [3.63, 3.8) is 0 Å². The Balaban J connectivity index is 1.81. The molecule has 148 valence electrons. The maximum Gasteiger partial charge on any atom is 0.248 e. The highest BCUT2D eigenvalue weighted by Crippen LogP contribution is 2.25. The minimum atomic E-state index is 1.23. The van der Waals surface area contributed by atoms with Crippen LogP contribution in [0.3, 0.4) is 0 Å². The third-order valence-electron chi connectivity index (χ3n) is 6.24. The molecule has 2 heterocycles. The van der Waals surface area contributed by atoms with E-state index in [0.717, 1.165) is 0 Å². The Morgan fingerprint density at radius 2 is 1.30 bits per heavy atom. The summed E-state index contributed by atoms with van der Waals surface area (Å²) in [5, 5.41) is 3.77. The van der Waals surface area contributed by atoms with Gasteiger partial charge in [0, 0.05) is 29.5 Å². The molecule has 0 radical (unpaired) electrons. The van der Waals surface area contributed by atoms with E-state index in [4.69, 9.17) is 0 Å². The Labute approximate surface area is 177 Å². The fraction of sp³-hybridized carbons (Fsp3) is 0.185. The van der Waals surface area contributed by atoms with Gasteiger partial charge in [-0.2, -0.15) is 9.25 Å². The monoisotopic (exact) mass is 393 g/mol. The van der Waals surface area contributed by atoms with Crippen LogP contribution in [0.2, 0.25) is 0 Å². The van der Waals surface area contributed by atoms with Crippen LogP contribution in [0.25, 0.3) is 33.1 Å². The van der Waals surface area contributed by atoms with Gasteiger partial charge in [-0.3, -0.25) is 0 Å². The van der Waals surface area contributed by atoms with Crippen LogP contribution in [-0.2, 0) is 7.05 Å². The number of hydrogen-bond acceptors (Lipinski definition) is 0. The average molecular weight is 394 g/mol. The van der Waals surface area contributed by atoms with E-state index in [9.17, 15) is 0 Å². The first kappa shape index (κ1) is 18.6. The van der Waals surface area contributed by atoms with Gasteiger partial charge in [0.1, 0.15) is 5.52 Å². The molecule has 3 aromatic carbocycles. The van der Waals surface area contributed by atoms with E-state index in [2.05, 4.69) is 122 Å². The molecule has 3 heteroatoms. The van der Waals surface area contributed by atoms with Crippen LogP contribution in [0.15, 0.2) is 73.1 Å². The van der Waals surface area contributed by atoms with Gasteiger partial charge in [-0.25, -0.2) is 0 Å². The molecule has 0 unspecified atom stereocenters. The quantitative estimate of drug-likeness (QED) is 0.369. The summed E-state index contributed by atoms with van der Waals surface area (Å²) in [5.74, 6) is 0. The second-order valence-electron chi connectivity index (χ2n) is 8.30. The van der Waals surface area contributed by atoms with Crippen LogP contribution < -0.4 is 9.25 Å². The smallest absolute Gasteiger partial charge is 0.163 e. The molecule has 3 nitrogen and oxygen atoms in total. The Kier molecular flexibility index (Phi) is 4.21. The molecule has 0 aliphatic heterocycles. The number of pyridine rings is 1. The van der Waals surface area contributed by atoms with Crippen molar-refractivity contribution >= 4 is 21.7 Å². The predicted molar refractivity (Wildman–Crippen MR) is 122 cm³/mol. The van der Waals surface area contributed by atoms with Crippen LogP contribution >= 0.6 is 0 Å². The predicted octanol–water partition coefficient (Wildman–Crippen LogP) is 5.12. The molecule has 0 bridgehead atoms. The van der Waals surface area contributed by atoms with Crippen LogP contribution in [0, 0.1) is 27.7 Å². The Morgan fingerprint density at radius 3 is 2.03 bits per heavy atom. The van der Waals surface area contributed by atoms with Gasteiger partial charge in [0.2, 0.25) is 17.6 Å². The number of aromatic nitrogens is 3. The van der Waals surface area contributed by atoms with Gasteiger partial charge >= 0.3 is 0 Å². The largest absolute Gasteiger partial charge is 0.248 e. The number of rotatable bonds is 2. The zero-order valence-corrected chi connectivity index (χ0v) is 18.3. The van der Waals surface area contributed by atoms with Crippen LogP contribution in [0.1, 0.15) is 22.4 Å². The number of nitrogens with zero attached hydrogens (tertiary/aromatic N) is 3. The third kappa shape index (κ3) is 2.73. The van der Waals surface area contributed by atoms with Gasteiger partial charge in [-0.05, 0) is 50.4 Å². The average Bonchev–Trinajstić information content (AvgIpc) is 3.04. The molecule has 0 saturated heterocycles. The zero-order chi connectivity index (χ0) is 21.0. The van der Waals surface area contributed by atoms with E-state index in [1.165, 1.54) is 55.4 Å². The van der Waals surface area contributed by atoms with Crippen LogP contribution in [-0.4, -0.2) is 4.68 Å². The van der Waals surface area contributed by atoms with Crippen molar-refractivity contribution in [2.45, 2.75) is 27.7 Å². The summed E-state index contributed by atoms with van der Waals surface area (Å²) in [6, 6.07) is 21.7. The van der Waals surface area contributed by atoms with Crippen molar-refractivity contribution in [3.05, 3.63) is 95.4 Å². The molecule has 5 rings (SSSR count). The Bertz CT molecular complexity index is 1440. The molecule has 0 N–H and O–H groups in total. The van der Waals surface area contributed by atoms with E-state index >= 15 is 0 Å². The fourth-order valence-electron chi connectivity index (χ4n) is 4.86. The zero-order valence-electron chi connectivity index (χ0n) is 18.3. The van der Waals surface area contributed by atoms with Crippen molar-refractivity contribution in [1.82, 2.24) is 4.68 Å². The highest BCUT2D eigenvalue weighted by molar-refractivity contribution is 5.81. The van der Waals surface area contributed by atoms with Crippen molar-refractivity contribution in [1.29, 1.82) is 0 Å². The minimum Gasteiger partial charge on any atom is -0.163 e. The summed E-state index contributed by atoms with van der Waals surface area (Å²) in [6.45, 7) is 8.86. The van der Waals surface area contributed by atoms with Crippen LogP contribution in [0.5, 0.6) is 0 Å². The highest BCUT2D eigenvalue weighted by Gasteiger charge is 2.28. The molecule has 0 saturated carbocycles. The van der Waals surface area contributed by atoms with Crippen molar-refractivity contribution in [2.75, 3.05) is 0 Å². The second-order valence-corrected chi connectivity index (χ2v) is 8.30. The maximum atomic E-state index is 2.35. The molecule has 0 fully saturated rings. The minimum absolute atomic E-state index is 1.23. The fourth-order valence-corrected chi connectivity index (χ4v) is 4.86. The first-order valence-electron chi connectivity index (χ1n) is 10.4. The summed E-state index contributed by atoms with van der Waals surface area (Å²) in [7, 11) is 2.13. The molecule has 0 spiro atoms.